The normalized spacial score (nSPS) is 21.2. The molecule has 4 nitrogen and oxygen atoms in total. The van der Waals surface area contributed by atoms with Crippen LogP contribution in [0.5, 0.6) is 0 Å². The third-order valence-electron chi connectivity index (χ3n) is 4.38. The van der Waals surface area contributed by atoms with Crippen molar-refractivity contribution in [3.8, 4) is 0 Å². The maximum absolute atomic E-state index is 5.59. The van der Waals surface area contributed by atoms with Gasteiger partial charge in [-0.15, -0.1) is 0 Å². The molecule has 2 aromatic rings. The molecule has 0 aliphatic carbocycles. The van der Waals surface area contributed by atoms with Gasteiger partial charge in [-0.3, -0.25) is 4.98 Å². The van der Waals surface area contributed by atoms with Gasteiger partial charge in [-0.1, -0.05) is 13.0 Å². The highest BCUT2D eigenvalue weighted by atomic mass is 32.1. The summed E-state index contributed by atoms with van der Waals surface area (Å²) in [6.07, 6.45) is 2.91. The van der Waals surface area contributed by atoms with Gasteiger partial charge < -0.3 is 14.8 Å². The van der Waals surface area contributed by atoms with Gasteiger partial charge >= 0.3 is 0 Å². The van der Waals surface area contributed by atoms with E-state index in [0.717, 1.165) is 23.8 Å². The van der Waals surface area contributed by atoms with Crippen LogP contribution in [0.25, 0.3) is 0 Å². The number of pyridine rings is 1. The summed E-state index contributed by atoms with van der Waals surface area (Å²) in [7, 11) is 2.12. The zero-order valence-corrected chi connectivity index (χ0v) is 14.1. The number of nitrogens with one attached hydrogen (secondary N) is 1. The van der Waals surface area contributed by atoms with Crippen molar-refractivity contribution in [2.24, 2.45) is 7.05 Å². The van der Waals surface area contributed by atoms with Crippen molar-refractivity contribution in [2.75, 3.05) is 6.54 Å². The van der Waals surface area contributed by atoms with E-state index in [-0.39, 0.29) is 12.1 Å². The molecule has 5 heteroatoms. The number of thiocarbonyl (C=S) groups is 1. The van der Waals surface area contributed by atoms with Crippen LogP contribution in [0, 0.1) is 6.92 Å². The second-order valence-corrected chi connectivity index (χ2v) is 6.17. The Bertz CT molecular complexity index is 665. The summed E-state index contributed by atoms with van der Waals surface area (Å²) in [4.78, 5) is 6.84. The van der Waals surface area contributed by atoms with Gasteiger partial charge in [0.2, 0.25) is 0 Å². The molecule has 1 N–H and O–H groups in total. The highest BCUT2D eigenvalue weighted by molar-refractivity contribution is 7.80. The lowest BCUT2D eigenvalue weighted by Crippen LogP contribution is -2.31. The molecule has 22 heavy (non-hydrogen) atoms. The van der Waals surface area contributed by atoms with Crippen molar-refractivity contribution in [2.45, 2.75) is 32.4 Å². The molecule has 0 spiro atoms. The maximum Gasteiger partial charge on any atom is 0.170 e. The molecule has 0 aromatic carbocycles. The quantitative estimate of drug-likeness (QED) is 0.879. The lowest BCUT2D eigenvalue weighted by atomic mass is 10.0. The van der Waals surface area contributed by atoms with Crippen LogP contribution in [0.1, 0.15) is 42.5 Å². The van der Waals surface area contributed by atoms with Crippen molar-refractivity contribution >= 4 is 17.3 Å². The van der Waals surface area contributed by atoms with E-state index in [2.05, 4.69) is 58.9 Å². The first-order valence-electron chi connectivity index (χ1n) is 7.73. The van der Waals surface area contributed by atoms with Gasteiger partial charge in [-0.2, -0.15) is 0 Å². The Kier molecular flexibility index (Phi) is 4.16. The molecule has 1 aliphatic rings. The average molecular weight is 314 g/mol. The summed E-state index contributed by atoms with van der Waals surface area (Å²) >= 11 is 5.59. The molecule has 1 fully saturated rings. The molecule has 3 rings (SSSR count). The van der Waals surface area contributed by atoms with E-state index in [0.29, 0.717) is 0 Å². The molecular weight excluding hydrogens is 292 g/mol. The monoisotopic (exact) mass is 314 g/mol. The Morgan fingerprint density at radius 1 is 1.27 bits per heavy atom. The van der Waals surface area contributed by atoms with Crippen LogP contribution in [0.15, 0.2) is 36.5 Å². The highest BCUT2D eigenvalue weighted by Gasteiger charge is 2.40. The van der Waals surface area contributed by atoms with E-state index in [1.54, 1.807) is 0 Å². The minimum absolute atomic E-state index is 0.0910. The summed E-state index contributed by atoms with van der Waals surface area (Å²) in [6.45, 7) is 5.26. The van der Waals surface area contributed by atoms with Crippen LogP contribution in [0.2, 0.25) is 0 Å². The number of hydrogen-bond acceptors (Lipinski definition) is 2. The second-order valence-electron chi connectivity index (χ2n) is 5.78. The minimum atomic E-state index is 0.0910. The number of aryl methyl sites for hydroxylation is 1. The van der Waals surface area contributed by atoms with Gasteiger partial charge in [-0.05, 0) is 49.8 Å². The molecule has 0 radical (unpaired) electrons. The van der Waals surface area contributed by atoms with E-state index in [4.69, 9.17) is 12.2 Å². The molecule has 3 heterocycles. The van der Waals surface area contributed by atoms with Gasteiger partial charge in [0, 0.05) is 31.2 Å². The molecule has 2 atom stereocenters. The van der Waals surface area contributed by atoms with Crippen LogP contribution in [-0.4, -0.2) is 26.1 Å². The van der Waals surface area contributed by atoms with Crippen molar-refractivity contribution in [3.05, 3.63) is 53.6 Å². The van der Waals surface area contributed by atoms with Gasteiger partial charge in [0.15, 0.2) is 5.11 Å². The third kappa shape index (κ3) is 2.50. The van der Waals surface area contributed by atoms with Crippen LogP contribution in [-0.2, 0) is 7.05 Å². The van der Waals surface area contributed by atoms with E-state index < -0.39 is 0 Å². The topological polar surface area (TPSA) is 33.1 Å². The first-order valence-corrected chi connectivity index (χ1v) is 8.14. The largest absolute Gasteiger partial charge is 0.352 e. The van der Waals surface area contributed by atoms with Crippen molar-refractivity contribution in [3.63, 3.8) is 0 Å². The van der Waals surface area contributed by atoms with Gasteiger partial charge in [0.05, 0.1) is 17.8 Å². The fourth-order valence-electron chi connectivity index (χ4n) is 3.14. The van der Waals surface area contributed by atoms with Gasteiger partial charge in [-0.25, -0.2) is 0 Å². The summed E-state index contributed by atoms with van der Waals surface area (Å²) in [5.41, 5.74) is 3.56. The molecule has 0 unspecified atom stereocenters. The van der Waals surface area contributed by atoms with Crippen LogP contribution >= 0.6 is 12.2 Å². The molecule has 0 bridgehead atoms. The number of nitrogens with zero attached hydrogens (tertiary/aromatic N) is 3. The predicted molar refractivity (Wildman–Crippen MR) is 92.6 cm³/mol. The lowest BCUT2D eigenvalue weighted by Gasteiger charge is -2.28. The number of rotatable bonds is 4. The number of hydrogen-bond donors (Lipinski definition) is 1. The van der Waals surface area contributed by atoms with E-state index in [9.17, 15) is 0 Å². The summed E-state index contributed by atoms with van der Waals surface area (Å²) in [6, 6.07) is 10.7. The van der Waals surface area contributed by atoms with E-state index >= 15 is 0 Å². The van der Waals surface area contributed by atoms with Gasteiger partial charge in [0.25, 0.3) is 0 Å². The van der Waals surface area contributed by atoms with Crippen LogP contribution in [0.4, 0.5) is 0 Å². The zero-order valence-electron chi connectivity index (χ0n) is 13.3. The first kappa shape index (κ1) is 15.0. The van der Waals surface area contributed by atoms with Crippen molar-refractivity contribution in [1.29, 1.82) is 0 Å². The summed E-state index contributed by atoms with van der Waals surface area (Å²) < 4.78 is 2.25. The molecule has 116 valence electrons. The Morgan fingerprint density at radius 3 is 2.68 bits per heavy atom. The van der Waals surface area contributed by atoms with Crippen LogP contribution in [0.3, 0.4) is 0 Å². The SMILES string of the molecule is CCCN1C(=S)N[C@@H](c2ccccn2)[C@@H]1c1ccc(C)n1C. The Morgan fingerprint density at radius 2 is 2.09 bits per heavy atom. The average Bonchev–Trinajstić information content (AvgIpc) is 3.02. The molecular formula is C17H22N4S. The molecule has 2 aromatic heterocycles. The smallest absolute Gasteiger partial charge is 0.170 e. The van der Waals surface area contributed by atoms with E-state index in [1.165, 1.54) is 11.4 Å². The van der Waals surface area contributed by atoms with Crippen LogP contribution < -0.4 is 5.32 Å². The van der Waals surface area contributed by atoms with E-state index in [1.807, 2.05) is 18.3 Å². The Balaban J connectivity index is 2.05. The van der Waals surface area contributed by atoms with Crippen molar-refractivity contribution in [1.82, 2.24) is 19.8 Å². The fraction of sp³-hybridized carbons (Fsp3) is 0.412. The minimum Gasteiger partial charge on any atom is -0.352 e. The molecule has 0 amide bonds. The molecule has 1 saturated heterocycles. The first-order chi connectivity index (χ1) is 10.6. The second kappa shape index (κ2) is 6.08. The predicted octanol–water partition coefficient (Wildman–Crippen LogP) is 3.11. The van der Waals surface area contributed by atoms with Crippen molar-refractivity contribution < 1.29 is 0 Å². The summed E-state index contributed by atoms with van der Waals surface area (Å²) in [5, 5.41) is 4.29. The number of aromatic nitrogens is 2. The third-order valence-corrected chi connectivity index (χ3v) is 4.73. The molecule has 1 aliphatic heterocycles. The maximum atomic E-state index is 5.59. The Labute approximate surface area is 137 Å². The highest BCUT2D eigenvalue weighted by Crippen LogP contribution is 2.38. The zero-order chi connectivity index (χ0) is 15.7. The summed E-state index contributed by atoms with van der Waals surface area (Å²) in [5.74, 6) is 0. The standard InChI is InChI=1S/C17H22N4S/c1-4-11-21-16(14-9-8-12(2)20(14)3)15(19-17(21)22)13-7-5-6-10-18-13/h5-10,15-16H,4,11H2,1-3H3,(H,19,22)/t15-,16-/m0/s1. The Hall–Kier alpha value is -1.88. The molecule has 0 saturated carbocycles. The fourth-order valence-corrected chi connectivity index (χ4v) is 3.47. The lowest BCUT2D eigenvalue weighted by molar-refractivity contribution is 0.306. The van der Waals surface area contributed by atoms with Gasteiger partial charge in [0.1, 0.15) is 0 Å².